The second-order valence-corrected chi connectivity index (χ2v) is 9.52. The molecule has 1 amide bonds. The molecule has 1 unspecified atom stereocenters. The van der Waals surface area contributed by atoms with Crippen molar-refractivity contribution in [2.24, 2.45) is 0 Å². The molecule has 3 heterocycles. The van der Waals surface area contributed by atoms with Crippen LogP contribution in [0.4, 0.5) is 5.69 Å². The summed E-state index contributed by atoms with van der Waals surface area (Å²) in [5.74, 6) is 1.73. The van der Waals surface area contributed by atoms with E-state index in [-0.39, 0.29) is 11.9 Å². The van der Waals surface area contributed by atoms with Gasteiger partial charge >= 0.3 is 0 Å². The van der Waals surface area contributed by atoms with Crippen molar-refractivity contribution in [1.29, 1.82) is 0 Å². The zero-order valence-electron chi connectivity index (χ0n) is 19.3. The van der Waals surface area contributed by atoms with E-state index in [1.165, 1.54) is 0 Å². The largest absolute Gasteiger partial charge is 0.493 e. The summed E-state index contributed by atoms with van der Waals surface area (Å²) in [5.41, 5.74) is 5.27. The van der Waals surface area contributed by atoms with Crippen molar-refractivity contribution >= 4 is 11.6 Å². The normalized spacial score (nSPS) is 19.8. The minimum Gasteiger partial charge on any atom is -0.493 e. The molecule has 4 aromatic carbocycles. The summed E-state index contributed by atoms with van der Waals surface area (Å²) in [7, 11) is 0. The number of hydrogen-bond acceptors (Lipinski definition) is 3. The minimum absolute atomic E-state index is 0.0471. The van der Waals surface area contributed by atoms with Crippen molar-refractivity contribution in [2.75, 3.05) is 18.1 Å². The van der Waals surface area contributed by atoms with Gasteiger partial charge in [-0.2, -0.15) is 0 Å². The van der Waals surface area contributed by atoms with Crippen molar-refractivity contribution in [3.05, 3.63) is 125 Å². The zero-order valence-corrected chi connectivity index (χ0v) is 19.3. The summed E-state index contributed by atoms with van der Waals surface area (Å²) in [6, 6.07) is 32.6. The monoisotopic (exact) mass is 459 g/mol. The molecule has 0 aromatic heterocycles. The molecule has 0 saturated heterocycles. The number of amides is 1. The lowest BCUT2D eigenvalue weighted by atomic mass is 9.76. The van der Waals surface area contributed by atoms with E-state index in [4.69, 9.17) is 9.47 Å². The van der Waals surface area contributed by atoms with Gasteiger partial charge in [0.05, 0.1) is 12.6 Å². The maximum Gasteiger partial charge on any atom is 0.246 e. The van der Waals surface area contributed by atoms with E-state index in [0.29, 0.717) is 13.2 Å². The standard InChI is InChI=1S/C31H25NO3/c33-30-31(20-35-28-18-23-14-9-17-34-27(23)19-25(28)31)24-15-7-8-16-26(24)32(30)29(21-10-3-1-4-11-21)22-12-5-2-6-13-22/h1-8,10-13,15-16,18-19,29H,9,14,17,20H2. The Bertz CT molecular complexity index is 1390. The van der Waals surface area contributed by atoms with E-state index in [0.717, 1.165) is 57.8 Å². The molecule has 0 bridgehead atoms. The van der Waals surface area contributed by atoms with E-state index in [9.17, 15) is 4.79 Å². The maximum absolute atomic E-state index is 14.7. The first-order valence-electron chi connectivity index (χ1n) is 12.2. The van der Waals surface area contributed by atoms with Crippen LogP contribution in [0.2, 0.25) is 0 Å². The highest BCUT2D eigenvalue weighted by atomic mass is 16.5. The van der Waals surface area contributed by atoms with Crippen molar-refractivity contribution < 1.29 is 14.3 Å². The fourth-order valence-corrected chi connectivity index (χ4v) is 5.99. The number of rotatable bonds is 3. The fraction of sp³-hybridized carbons (Fsp3) is 0.194. The highest BCUT2D eigenvalue weighted by Gasteiger charge is 2.58. The molecule has 0 aliphatic carbocycles. The Morgan fingerprint density at radius 3 is 2.17 bits per heavy atom. The average Bonchev–Trinajstić information content (AvgIpc) is 3.41. The van der Waals surface area contributed by atoms with Gasteiger partial charge in [0.1, 0.15) is 23.5 Å². The lowest BCUT2D eigenvalue weighted by Gasteiger charge is -2.31. The summed E-state index contributed by atoms with van der Waals surface area (Å²) in [6.07, 6.45) is 1.97. The summed E-state index contributed by atoms with van der Waals surface area (Å²) in [6.45, 7) is 1.01. The van der Waals surface area contributed by atoms with Crippen LogP contribution < -0.4 is 14.4 Å². The molecule has 4 heteroatoms. The predicted molar refractivity (Wildman–Crippen MR) is 135 cm³/mol. The summed E-state index contributed by atoms with van der Waals surface area (Å²) in [5, 5.41) is 0. The number of carbonyl (C=O) groups is 1. The number of anilines is 1. The Labute approximate surface area is 204 Å². The molecule has 0 fully saturated rings. The van der Waals surface area contributed by atoms with Crippen LogP contribution in [0.15, 0.2) is 97.1 Å². The molecular formula is C31H25NO3. The molecule has 3 aliphatic rings. The van der Waals surface area contributed by atoms with Crippen LogP contribution in [0.3, 0.4) is 0 Å². The van der Waals surface area contributed by atoms with Gasteiger partial charge < -0.3 is 9.47 Å². The van der Waals surface area contributed by atoms with Crippen molar-refractivity contribution in [3.8, 4) is 11.5 Å². The molecular weight excluding hydrogens is 434 g/mol. The third kappa shape index (κ3) is 2.89. The molecule has 3 aliphatic heterocycles. The Hall–Kier alpha value is -4.05. The molecule has 1 spiro atoms. The van der Waals surface area contributed by atoms with Crippen LogP contribution in [0.5, 0.6) is 11.5 Å². The highest BCUT2D eigenvalue weighted by molar-refractivity contribution is 6.12. The summed E-state index contributed by atoms with van der Waals surface area (Å²) in [4.78, 5) is 16.7. The SMILES string of the molecule is O=C1N(C(c2ccccc2)c2ccccc2)c2ccccc2C12COc1cc3c(cc12)OCCC3. The lowest BCUT2D eigenvalue weighted by Crippen LogP contribution is -2.44. The van der Waals surface area contributed by atoms with Crippen molar-refractivity contribution in [2.45, 2.75) is 24.3 Å². The van der Waals surface area contributed by atoms with E-state index >= 15 is 0 Å². The van der Waals surface area contributed by atoms with Gasteiger partial charge in [-0.3, -0.25) is 9.69 Å². The number of hydrogen-bond donors (Lipinski definition) is 0. The molecule has 35 heavy (non-hydrogen) atoms. The second-order valence-electron chi connectivity index (χ2n) is 9.52. The van der Waals surface area contributed by atoms with Gasteiger partial charge in [0.25, 0.3) is 0 Å². The van der Waals surface area contributed by atoms with E-state index < -0.39 is 5.41 Å². The van der Waals surface area contributed by atoms with E-state index in [1.54, 1.807) is 0 Å². The Morgan fingerprint density at radius 2 is 1.43 bits per heavy atom. The predicted octanol–water partition coefficient (Wildman–Crippen LogP) is 5.83. The third-order valence-corrected chi connectivity index (χ3v) is 7.61. The number of aryl methyl sites for hydroxylation is 1. The first kappa shape index (κ1) is 20.3. The molecule has 4 nitrogen and oxygen atoms in total. The molecule has 0 saturated carbocycles. The van der Waals surface area contributed by atoms with Gasteiger partial charge in [0, 0.05) is 11.3 Å². The summed E-state index contributed by atoms with van der Waals surface area (Å²) < 4.78 is 12.3. The third-order valence-electron chi connectivity index (χ3n) is 7.61. The average molecular weight is 460 g/mol. The molecule has 1 atom stereocenters. The second kappa shape index (κ2) is 7.74. The quantitative estimate of drug-likeness (QED) is 0.387. The Balaban J connectivity index is 1.45. The smallest absolute Gasteiger partial charge is 0.246 e. The van der Waals surface area contributed by atoms with Crippen LogP contribution in [0.25, 0.3) is 0 Å². The van der Waals surface area contributed by atoms with Crippen molar-refractivity contribution in [3.63, 3.8) is 0 Å². The van der Waals surface area contributed by atoms with E-state index in [2.05, 4.69) is 48.5 Å². The van der Waals surface area contributed by atoms with Gasteiger partial charge in [0.15, 0.2) is 0 Å². The van der Waals surface area contributed by atoms with Crippen LogP contribution in [-0.2, 0) is 16.6 Å². The Kier molecular flexibility index (Phi) is 4.50. The number of benzene rings is 4. The van der Waals surface area contributed by atoms with Gasteiger partial charge in [-0.15, -0.1) is 0 Å². The summed E-state index contributed by atoms with van der Waals surface area (Å²) >= 11 is 0. The maximum atomic E-state index is 14.7. The van der Waals surface area contributed by atoms with Crippen molar-refractivity contribution in [1.82, 2.24) is 0 Å². The van der Waals surface area contributed by atoms with Gasteiger partial charge in [-0.05, 0) is 53.3 Å². The molecule has 0 N–H and O–H groups in total. The van der Waals surface area contributed by atoms with Gasteiger partial charge in [-0.25, -0.2) is 0 Å². The first-order chi connectivity index (χ1) is 17.3. The van der Waals surface area contributed by atoms with Gasteiger partial charge in [0.2, 0.25) is 5.91 Å². The topological polar surface area (TPSA) is 38.8 Å². The van der Waals surface area contributed by atoms with Crippen LogP contribution in [0, 0.1) is 0 Å². The zero-order chi connectivity index (χ0) is 23.4. The fourth-order valence-electron chi connectivity index (χ4n) is 5.99. The minimum atomic E-state index is -0.885. The molecule has 172 valence electrons. The lowest BCUT2D eigenvalue weighted by molar-refractivity contribution is -0.122. The number of fused-ring (bicyclic) bond motifs is 5. The number of carbonyl (C=O) groups excluding carboxylic acids is 1. The van der Waals surface area contributed by atoms with Crippen LogP contribution in [0.1, 0.15) is 40.3 Å². The number of ether oxygens (including phenoxy) is 2. The van der Waals surface area contributed by atoms with Gasteiger partial charge in [-0.1, -0.05) is 78.9 Å². The number of para-hydroxylation sites is 1. The molecule has 0 radical (unpaired) electrons. The van der Waals surface area contributed by atoms with E-state index in [1.807, 2.05) is 53.4 Å². The molecule has 4 aromatic rings. The first-order valence-corrected chi connectivity index (χ1v) is 12.2. The number of nitrogens with zero attached hydrogens (tertiary/aromatic N) is 1. The Morgan fingerprint density at radius 1 is 0.743 bits per heavy atom. The van der Waals surface area contributed by atoms with Crippen LogP contribution in [-0.4, -0.2) is 19.1 Å². The molecule has 7 rings (SSSR count). The highest BCUT2D eigenvalue weighted by Crippen LogP contribution is 2.56. The van der Waals surface area contributed by atoms with Crippen LogP contribution >= 0.6 is 0 Å².